The molecule has 0 fully saturated rings. The van der Waals surface area contributed by atoms with Crippen LogP contribution in [0.1, 0.15) is 29.1 Å². The van der Waals surface area contributed by atoms with Gasteiger partial charge in [0.15, 0.2) is 0 Å². The molecule has 8 heteroatoms. The van der Waals surface area contributed by atoms with Crippen molar-refractivity contribution in [3.05, 3.63) is 63.6 Å². The summed E-state index contributed by atoms with van der Waals surface area (Å²) in [6.07, 6.45) is 0.833. The summed E-state index contributed by atoms with van der Waals surface area (Å²) in [6, 6.07) is 12.0. The van der Waals surface area contributed by atoms with Crippen molar-refractivity contribution in [1.82, 2.24) is 19.6 Å². The van der Waals surface area contributed by atoms with Crippen LogP contribution in [0.2, 0.25) is 5.02 Å². The summed E-state index contributed by atoms with van der Waals surface area (Å²) < 4.78 is 9.40. The lowest BCUT2D eigenvalue weighted by molar-refractivity contribution is 0.540. The Morgan fingerprint density at radius 1 is 1.10 bits per heavy atom. The molecule has 0 atom stereocenters. The number of thiophene rings is 1. The minimum absolute atomic E-state index is 0.607. The van der Waals surface area contributed by atoms with Gasteiger partial charge in [0.25, 0.3) is 0 Å². The molecule has 0 aliphatic rings. The minimum atomic E-state index is 0.607. The third kappa shape index (κ3) is 3.41. The van der Waals surface area contributed by atoms with Crippen molar-refractivity contribution in [2.75, 3.05) is 0 Å². The normalized spacial score (nSPS) is 11.7. The third-order valence-corrected chi connectivity index (χ3v) is 7.21. The SMILES string of the molecule is CCc1nnc(SCc2nc(-c3ccc(Cl)cc3)oc2C)c2cc3sc(C)cc3n12. The summed E-state index contributed by atoms with van der Waals surface area (Å²) in [5, 5.41) is 10.6. The van der Waals surface area contributed by atoms with Gasteiger partial charge in [-0.05, 0) is 50.2 Å². The van der Waals surface area contributed by atoms with E-state index in [2.05, 4.69) is 40.6 Å². The fraction of sp³-hybridized carbons (Fsp3) is 0.227. The smallest absolute Gasteiger partial charge is 0.226 e. The molecule has 0 N–H and O–H groups in total. The minimum Gasteiger partial charge on any atom is -0.441 e. The second-order valence-electron chi connectivity index (χ2n) is 7.06. The highest BCUT2D eigenvalue weighted by molar-refractivity contribution is 7.98. The second kappa shape index (κ2) is 7.72. The average molecular weight is 455 g/mol. The molecule has 4 heterocycles. The van der Waals surface area contributed by atoms with Gasteiger partial charge in [0.2, 0.25) is 5.89 Å². The zero-order valence-corrected chi connectivity index (χ0v) is 19.2. The molecule has 5 rings (SSSR count). The predicted molar refractivity (Wildman–Crippen MR) is 124 cm³/mol. The van der Waals surface area contributed by atoms with Gasteiger partial charge >= 0.3 is 0 Å². The fourth-order valence-electron chi connectivity index (χ4n) is 3.50. The molecule has 5 nitrogen and oxygen atoms in total. The largest absolute Gasteiger partial charge is 0.441 e. The van der Waals surface area contributed by atoms with Crippen molar-refractivity contribution in [1.29, 1.82) is 0 Å². The number of aryl methyl sites for hydroxylation is 3. The molecular weight excluding hydrogens is 436 g/mol. The van der Waals surface area contributed by atoms with Crippen LogP contribution in [-0.4, -0.2) is 19.6 Å². The molecule has 0 amide bonds. The maximum absolute atomic E-state index is 5.98. The Bertz CT molecular complexity index is 1370. The monoisotopic (exact) mass is 454 g/mol. The van der Waals surface area contributed by atoms with Crippen LogP contribution >= 0.6 is 34.7 Å². The Labute approximate surface area is 187 Å². The van der Waals surface area contributed by atoms with Gasteiger partial charge in [-0.15, -0.1) is 21.5 Å². The van der Waals surface area contributed by atoms with Gasteiger partial charge in [0.05, 0.1) is 21.4 Å². The van der Waals surface area contributed by atoms with Crippen LogP contribution in [0.4, 0.5) is 0 Å². The molecule has 0 aliphatic carbocycles. The summed E-state index contributed by atoms with van der Waals surface area (Å²) in [5.74, 6) is 3.06. The van der Waals surface area contributed by atoms with Crippen LogP contribution in [0.25, 0.3) is 27.2 Å². The zero-order chi connectivity index (χ0) is 20.8. The first-order chi connectivity index (χ1) is 14.5. The Balaban J connectivity index is 1.47. The first-order valence-corrected chi connectivity index (χ1v) is 11.8. The molecule has 0 spiro atoms. The Morgan fingerprint density at radius 3 is 2.67 bits per heavy atom. The Kier molecular flexibility index (Phi) is 5.05. The van der Waals surface area contributed by atoms with E-state index in [1.54, 1.807) is 23.1 Å². The maximum atomic E-state index is 5.98. The molecule has 152 valence electrons. The number of rotatable bonds is 5. The standard InChI is InChI=1S/C22H19ClN4OS2/c1-4-20-25-26-22(18-10-19-17(27(18)20)9-12(2)30-19)29-11-16-13(3)28-21(24-16)14-5-7-15(23)8-6-14/h5-10H,4,11H2,1-3H3. The molecule has 5 aromatic rings. The number of benzene rings is 1. The zero-order valence-electron chi connectivity index (χ0n) is 16.8. The number of fused-ring (bicyclic) bond motifs is 3. The maximum Gasteiger partial charge on any atom is 0.226 e. The van der Waals surface area contributed by atoms with E-state index < -0.39 is 0 Å². The number of halogens is 1. The van der Waals surface area contributed by atoms with E-state index >= 15 is 0 Å². The second-order valence-corrected chi connectivity index (χ2v) is 9.75. The van der Waals surface area contributed by atoms with E-state index in [9.17, 15) is 0 Å². The van der Waals surface area contributed by atoms with Gasteiger partial charge in [-0.1, -0.05) is 30.3 Å². The molecule has 0 saturated heterocycles. The van der Waals surface area contributed by atoms with Crippen molar-refractivity contribution in [2.24, 2.45) is 0 Å². The number of hydrogen-bond acceptors (Lipinski definition) is 6. The Hall–Kier alpha value is -2.35. The first kappa shape index (κ1) is 19.6. The van der Waals surface area contributed by atoms with Crippen LogP contribution in [0.3, 0.4) is 0 Å². The lowest BCUT2D eigenvalue weighted by Gasteiger charge is -2.06. The molecular formula is C22H19ClN4OS2. The van der Waals surface area contributed by atoms with E-state index in [-0.39, 0.29) is 0 Å². The van der Waals surface area contributed by atoms with E-state index in [0.29, 0.717) is 16.7 Å². The number of hydrogen-bond donors (Lipinski definition) is 0. The van der Waals surface area contributed by atoms with Gasteiger partial charge in [-0.3, -0.25) is 4.40 Å². The molecule has 0 unspecified atom stereocenters. The summed E-state index contributed by atoms with van der Waals surface area (Å²) in [4.78, 5) is 6.00. The van der Waals surface area contributed by atoms with Crippen molar-refractivity contribution < 1.29 is 4.42 Å². The molecule has 0 bridgehead atoms. The number of aromatic nitrogens is 4. The van der Waals surface area contributed by atoms with Crippen LogP contribution in [-0.2, 0) is 12.2 Å². The van der Waals surface area contributed by atoms with Crippen LogP contribution in [0.15, 0.2) is 45.8 Å². The van der Waals surface area contributed by atoms with Gasteiger partial charge < -0.3 is 4.42 Å². The van der Waals surface area contributed by atoms with Gasteiger partial charge in [0, 0.05) is 27.6 Å². The van der Waals surface area contributed by atoms with Gasteiger partial charge in [0.1, 0.15) is 16.6 Å². The van der Waals surface area contributed by atoms with E-state index in [1.807, 2.05) is 31.2 Å². The van der Waals surface area contributed by atoms with Crippen molar-refractivity contribution in [2.45, 2.75) is 38.0 Å². The van der Waals surface area contributed by atoms with Crippen molar-refractivity contribution in [3.8, 4) is 11.5 Å². The lowest BCUT2D eigenvalue weighted by atomic mass is 10.2. The van der Waals surface area contributed by atoms with Gasteiger partial charge in [-0.2, -0.15) is 0 Å². The molecule has 0 aliphatic heterocycles. The third-order valence-electron chi connectivity index (χ3n) is 4.99. The summed E-state index contributed by atoms with van der Waals surface area (Å²) in [6.45, 7) is 6.19. The van der Waals surface area contributed by atoms with Crippen LogP contribution < -0.4 is 0 Å². The highest BCUT2D eigenvalue weighted by Gasteiger charge is 2.17. The molecule has 0 saturated carbocycles. The fourth-order valence-corrected chi connectivity index (χ4v) is 5.50. The predicted octanol–water partition coefficient (Wildman–Crippen LogP) is 6.72. The summed E-state index contributed by atoms with van der Waals surface area (Å²) >= 11 is 9.42. The molecule has 0 radical (unpaired) electrons. The van der Waals surface area contributed by atoms with E-state index in [1.165, 1.54) is 15.1 Å². The highest BCUT2D eigenvalue weighted by atomic mass is 35.5. The Morgan fingerprint density at radius 2 is 1.90 bits per heavy atom. The molecule has 1 aromatic carbocycles. The topological polar surface area (TPSA) is 56.2 Å². The first-order valence-electron chi connectivity index (χ1n) is 9.65. The number of nitrogens with zero attached hydrogens (tertiary/aromatic N) is 4. The summed E-state index contributed by atoms with van der Waals surface area (Å²) in [7, 11) is 0. The quantitative estimate of drug-likeness (QED) is 0.276. The average Bonchev–Trinajstić information content (AvgIpc) is 3.39. The number of oxazole rings is 1. The van der Waals surface area contributed by atoms with Crippen molar-refractivity contribution >= 4 is 50.4 Å². The molecule has 4 aromatic heterocycles. The van der Waals surface area contributed by atoms with Gasteiger partial charge in [-0.25, -0.2) is 4.98 Å². The van der Waals surface area contributed by atoms with Crippen LogP contribution in [0.5, 0.6) is 0 Å². The van der Waals surface area contributed by atoms with Crippen LogP contribution in [0, 0.1) is 13.8 Å². The number of thioether (sulfide) groups is 1. The van der Waals surface area contributed by atoms with E-state index in [0.717, 1.165) is 39.8 Å². The van der Waals surface area contributed by atoms with E-state index in [4.69, 9.17) is 21.0 Å². The lowest BCUT2D eigenvalue weighted by Crippen LogP contribution is -2.03. The summed E-state index contributed by atoms with van der Waals surface area (Å²) in [5.41, 5.74) is 4.14. The molecule has 30 heavy (non-hydrogen) atoms. The highest BCUT2D eigenvalue weighted by Crippen LogP contribution is 2.34. The van der Waals surface area contributed by atoms with Crippen molar-refractivity contribution in [3.63, 3.8) is 0 Å².